The molecule has 0 saturated carbocycles. The molecule has 0 saturated heterocycles. The monoisotopic (exact) mass is 107 g/mol. The van der Waals surface area contributed by atoms with Crippen LogP contribution in [0.1, 0.15) is 6.92 Å². The lowest BCUT2D eigenvalue weighted by molar-refractivity contribution is 1.27. The third kappa shape index (κ3) is 1.32. The van der Waals surface area contributed by atoms with Crippen molar-refractivity contribution < 1.29 is 0 Å². The summed E-state index contributed by atoms with van der Waals surface area (Å²) in [6.07, 6.45) is 0. The summed E-state index contributed by atoms with van der Waals surface area (Å²) in [5.74, 6) is 0. The van der Waals surface area contributed by atoms with Crippen LogP contribution in [0, 0.1) is 17.9 Å². The van der Waals surface area contributed by atoms with Crippen LogP contribution in [-0.2, 0) is 0 Å². The molecule has 0 radical (unpaired) electrons. The Morgan fingerprint density at radius 3 is 2.38 bits per heavy atom. The van der Waals surface area contributed by atoms with Crippen molar-refractivity contribution in [1.82, 2.24) is 0 Å². The summed E-state index contributed by atoms with van der Waals surface area (Å²) in [4.78, 5) is 2.85. The fraction of sp³-hybridized carbons (Fsp3) is 0.200. The maximum Gasteiger partial charge on any atom is 0.279 e. The third-order valence-corrected chi connectivity index (χ3v) is 0.591. The van der Waals surface area contributed by atoms with Crippen LogP contribution in [0.4, 0.5) is 0 Å². The van der Waals surface area contributed by atoms with Crippen LogP contribution in [0.15, 0.2) is 11.4 Å². The number of nitrogens with zero attached hydrogens (tertiary/aromatic N) is 2. The van der Waals surface area contributed by atoms with Crippen LogP contribution in [0.2, 0.25) is 0 Å². The first-order chi connectivity index (χ1) is 3.72. The minimum atomic E-state index is -0.0231. The topological polar surface area (TPSA) is 54.2 Å². The number of hydrogen-bond donors (Lipinski definition) is 1. The lowest BCUT2D eigenvalue weighted by Gasteiger charge is -1.83. The second-order valence-corrected chi connectivity index (χ2v) is 1.26. The van der Waals surface area contributed by atoms with Gasteiger partial charge in [-0.15, -0.1) is 0 Å². The van der Waals surface area contributed by atoms with Gasteiger partial charge in [-0.05, 0) is 6.92 Å². The van der Waals surface area contributed by atoms with Gasteiger partial charge in [-0.25, -0.2) is 10.1 Å². The predicted octanol–water partition coefficient (Wildman–Crippen LogP) is 0.619. The van der Waals surface area contributed by atoms with Crippen LogP contribution in [0.5, 0.6) is 0 Å². The molecule has 0 aromatic rings. The largest absolute Gasteiger partial charge is 0.410 e. The smallest absolute Gasteiger partial charge is 0.279 e. The minimum Gasteiger partial charge on any atom is -0.410 e. The van der Waals surface area contributed by atoms with Crippen LogP contribution >= 0.6 is 0 Å². The molecular formula is C5H5N3. The predicted molar refractivity (Wildman–Crippen MR) is 29.1 cm³/mol. The first-order valence-electron chi connectivity index (χ1n) is 1.96. The van der Waals surface area contributed by atoms with Crippen LogP contribution in [-0.4, -0.2) is 0 Å². The molecule has 0 fully saturated rings. The average molecular weight is 107 g/mol. The van der Waals surface area contributed by atoms with Gasteiger partial charge < -0.3 is 5.73 Å². The first-order valence-corrected chi connectivity index (χ1v) is 1.96. The Labute approximate surface area is 47.8 Å². The summed E-state index contributed by atoms with van der Waals surface area (Å²) in [5, 5.41) is 8.09. The normalized spacial score (nSPS) is 10.9. The molecule has 0 aliphatic carbocycles. The van der Waals surface area contributed by atoms with E-state index in [4.69, 9.17) is 17.6 Å². The highest BCUT2D eigenvalue weighted by Gasteiger charge is 1.92. The Kier molecular flexibility index (Phi) is 2.16. The number of rotatable bonds is 0. The molecule has 0 atom stereocenters. The summed E-state index contributed by atoms with van der Waals surface area (Å²) in [7, 11) is 0. The molecule has 0 aliphatic heterocycles. The van der Waals surface area contributed by atoms with Gasteiger partial charge in [0.2, 0.25) is 0 Å². The molecule has 0 aromatic carbocycles. The number of nitriles is 1. The maximum atomic E-state index is 8.09. The quantitative estimate of drug-likeness (QED) is 0.364. The van der Waals surface area contributed by atoms with E-state index in [2.05, 4.69) is 4.85 Å². The molecule has 40 valence electrons. The molecule has 0 bridgehead atoms. The lowest BCUT2D eigenvalue weighted by Crippen LogP contribution is -1.92. The van der Waals surface area contributed by atoms with Crippen molar-refractivity contribution in [3.05, 3.63) is 22.8 Å². The van der Waals surface area contributed by atoms with E-state index in [-0.39, 0.29) is 11.4 Å². The van der Waals surface area contributed by atoms with Crippen LogP contribution < -0.4 is 5.73 Å². The fourth-order valence-electron chi connectivity index (χ4n) is 0.201. The Morgan fingerprint density at radius 2 is 2.38 bits per heavy atom. The van der Waals surface area contributed by atoms with Gasteiger partial charge in [-0.2, -0.15) is 0 Å². The van der Waals surface area contributed by atoms with Crippen molar-refractivity contribution in [3.63, 3.8) is 0 Å². The van der Waals surface area contributed by atoms with E-state index >= 15 is 0 Å². The van der Waals surface area contributed by atoms with Crippen molar-refractivity contribution in [1.29, 1.82) is 5.26 Å². The van der Waals surface area contributed by atoms with E-state index in [1.165, 1.54) is 6.92 Å². The third-order valence-electron chi connectivity index (χ3n) is 0.591. The SMILES string of the molecule is [C-]#[N+]/C(C#N)=C(\C)N. The molecule has 0 rings (SSSR count). The molecule has 8 heavy (non-hydrogen) atoms. The van der Waals surface area contributed by atoms with Crippen molar-refractivity contribution in [2.45, 2.75) is 6.92 Å². The minimum absolute atomic E-state index is 0.0231. The van der Waals surface area contributed by atoms with E-state index in [0.29, 0.717) is 0 Å². The summed E-state index contributed by atoms with van der Waals surface area (Å²) in [6, 6.07) is 1.65. The molecule has 0 heterocycles. The maximum absolute atomic E-state index is 8.09. The van der Waals surface area contributed by atoms with Crippen LogP contribution in [0.3, 0.4) is 0 Å². The fourth-order valence-corrected chi connectivity index (χ4v) is 0.201. The highest BCUT2D eigenvalue weighted by Crippen LogP contribution is 1.95. The zero-order valence-corrected chi connectivity index (χ0v) is 4.47. The summed E-state index contributed by atoms with van der Waals surface area (Å²) in [6.45, 7) is 7.88. The molecule has 2 N–H and O–H groups in total. The van der Waals surface area contributed by atoms with Crippen molar-refractivity contribution in [2.75, 3.05) is 0 Å². The average Bonchev–Trinajstić information content (AvgIpc) is 1.69. The van der Waals surface area contributed by atoms with Gasteiger partial charge in [-0.3, -0.25) is 0 Å². The number of nitrogens with two attached hydrogens (primary N) is 1. The van der Waals surface area contributed by atoms with Gasteiger partial charge in [0.15, 0.2) is 0 Å². The molecule has 3 nitrogen and oxygen atoms in total. The molecule has 0 aromatic heterocycles. The van der Waals surface area contributed by atoms with Crippen LogP contribution in [0.25, 0.3) is 4.85 Å². The lowest BCUT2D eigenvalue weighted by atomic mass is 10.4. The summed E-state index contributed by atoms with van der Waals surface area (Å²) >= 11 is 0. The van der Waals surface area contributed by atoms with E-state index in [1.807, 2.05) is 0 Å². The van der Waals surface area contributed by atoms with Gasteiger partial charge in [0.25, 0.3) is 5.70 Å². The van der Waals surface area contributed by atoms with Gasteiger partial charge in [0, 0.05) is 5.70 Å². The zero-order valence-electron chi connectivity index (χ0n) is 4.47. The van der Waals surface area contributed by atoms with E-state index in [0.717, 1.165) is 0 Å². The first kappa shape index (κ1) is 6.52. The highest BCUT2D eigenvalue weighted by atomic mass is 14.7. The molecule has 0 aliphatic rings. The highest BCUT2D eigenvalue weighted by molar-refractivity contribution is 5.30. The Hall–Kier alpha value is -1.48. The summed E-state index contributed by atoms with van der Waals surface area (Å²) in [5.41, 5.74) is 5.36. The molecule has 0 unspecified atom stereocenters. The van der Waals surface area contributed by atoms with Crippen molar-refractivity contribution in [2.24, 2.45) is 5.73 Å². The van der Waals surface area contributed by atoms with E-state index < -0.39 is 0 Å². The Balaban J connectivity index is 4.47. The molecule has 0 amide bonds. The molecule has 0 spiro atoms. The second kappa shape index (κ2) is 2.65. The Bertz CT molecular complexity index is 169. The molecule has 3 heteroatoms. The van der Waals surface area contributed by atoms with Gasteiger partial charge in [0.05, 0.1) is 12.6 Å². The number of allylic oxidation sites excluding steroid dienone is 2. The summed E-state index contributed by atoms with van der Waals surface area (Å²) < 4.78 is 0. The molecular weight excluding hydrogens is 102 g/mol. The van der Waals surface area contributed by atoms with Gasteiger partial charge in [-0.1, -0.05) is 0 Å². The van der Waals surface area contributed by atoms with E-state index in [9.17, 15) is 0 Å². The standard InChI is InChI=1S/C5H5N3/c1-4(7)5(3-6)8-2/h7H2,1H3/b5-4+. The van der Waals surface area contributed by atoms with E-state index in [1.54, 1.807) is 6.07 Å². The van der Waals surface area contributed by atoms with Gasteiger partial charge >= 0.3 is 0 Å². The zero-order chi connectivity index (χ0) is 6.57. The Morgan fingerprint density at radius 1 is 1.88 bits per heavy atom. The number of hydrogen-bond acceptors (Lipinski definition) is 2. The van der Waals surface area contributed by atoms with Crippen molar-refractivity contribution >= 4 is 0 Å². The van der Waals surface area contributed by atoms with Gasteiger partial charge in [0.1, 0.15) is 0 Å². The second-order valence-electron chi connectivity index (χ2n) is 1.26. The van der Waals surface area contributed by atoms with Crippen molar-refractivity contribution in [3.8, 4) is 6.07 Å².